The van der Waals surface area contributed by atoms with Gasteiger partial charge in [0.05, 0.1) is 34.9 Å². The van der Waals surface area contributed by atoms with E-state index < -0.39 is 41.1 Å². The molecule has 1 heterocycles. The quantitative estimate of drug-likeness (QED) is 0.267. The normalized spacial score (nSPS) is 13.6. The van der Waals surface area contributed by atoms with Gasteiger partial charge in [0, 0.05) is 12.6 Å². The molecule has 1 aromatic heterocycles. The van der Waals surface area contributed by atoms with Gasteiger partial charge in [-0.3, -0.25) is 9.59 Å². The van der Waals surface area contributed by atoms with Gasteiger partial charge in [-0.2, -0.15) is 13.2 Å². The molecule has 5 nitrogen and oxygen atoms in total. The molecule has 2 N–H and O–H groups in total. The fourth-order valence-corrected chi connectivity index (χ4v) is 4.70. The second-order valence-corrected chi connectivity index (χ2v) is 10.1. The van der Waals surface area contributed by atoms with Gasteiger partial charge in [-0.1, -0.05) is 39.7 Å². The number of alkyl halides is 3. The first-order chi connectivity index (χ1) is 17.0. The molecule has 0 bridgehead atoms. The van der Waals surface area contributed by atoms with Crippen LogP contribution in [-0.4, -0.2) is 36.1 Å². The lowest BCUT2D eigenvalue weighted by atomic mass is 10.0. The number of ketones is 1. The average molecular weight is 531 g/mol. The van der Waals surface area contributed by atoms with E-state index in [4.69, 9.17) is 4.42 Å². The van der Waals surface area contributed by atoms with E-state index in [1.807, 2.05) is 26.8 Å². The van der Waals surface area contributed by atoms with Gasteiger partial charge >= 0.3 is 6.18 Å². The standard InChI is InChI=1S/C26H34F4N2O3S/c1-4-5-11-22(23(33)16-36-15-19-8-7-12-35-19)31-14-18(13-17(2)3)32-25(34)24-20(26(28,29)30)9-6-10-21(24)27/h6-10,12,17-18,22,31H,4-5,11,13-16H2,1-3H3,(H,32,34). The predicted octanol–water partition coefficient (Wildman–Crippen LogP) is 6.23. The van der Waals surface area contributed by atoms with Crippen molar-refractivity contribution >= 4 is 23.5 Å². The minimum absolute atomic E-state index is 0.00286. The predicted molar refractivity (Wildman–Crippen MR) is 133 cm³/mol. The van der Waals surface area contributed by atoms with E-state index in [1.54, 1.807) is 12.3 Å². The second kappa shape index (κ2) is 14.4. The van der Waals surface area contributed by atoms with Crippen molar-refractivity contribution in [1.82, 2.24) is 10.6 Å². The number of thioether (sulfide) groups is 1. The number of nitrogens with one attached hydrogen (secondary N) is 2. The Balaban J connectivity index is 2.08. The molecule has 36 heavy (non-hydrogen) atoms. The van der Waals surface area contributed by atoms with Gasteiger partial charge in [0.2, 0.25) is 0 Å². The molecule has 0 saturated heterocycles. The van der Waals surface area contributed by atoms with E-state index in [-0.39, 0.29) is 24.0 Å². The van der Waals surface area contributed by atoms with E-state index in [0.717, 1.165) is 30.7 Å². The third-order valence-electron chi connectivity index (χ3n) is 5.55. The molecule has 0 aliphatic carbocycles. The molecule has 2 atom stereocenters. The third kappa shape index (κ3) is 9.61. The Hall–Kier alpha value is -2.33. The lowest BCUT2D eigenvalue weighted by Gasteiger charge is -2.25. The van der Waals surface area contributed by atoms with E-state index in [1.165, 1.54) is 11.8 Å². The lowest BCUT2D eigenvalue weighted by Crippen LogP contribution is -2.48. The van der Waals surface area contributed by atoms with Crippen molar-refractivity contribution in [1.29, 1.82) is 0 Å². The number of carbonyl (C=O) groups is 2. The Bertz CT molecular complexity index is 965. The number of unbranched alkanes of at least 4 members (excludes halogenated alkanes) is 1. The van der Waals surface area contributed by atoms with Crippen molar-refractivity contribution in [2.75, 3.05) is 12.3 Å². The molecule has 0 aliphatic heterocycles. The van der Waals surface area contributed by atoms with Crippen molar-refractivity contribution in [3.05, 3.63) is 59.3 Å². The van der Waals surface area contributed by atoms with Crippen LogP contribution in [-0.2, 0) is 16.7 Å². The van der Waals surface area contributed by atoms with Crippen molar-refractivity contribution in [2.45, 2.75) is 70.5 Å². The topological polar surface area (TPSA) is 71.3 Å². The van der Waals surface area contributed by atoms with Crippen LogP contribution in [0.2, 0.25) is 0 Å². The molecule has 2 rings (SSSR count). The second-order valence-electron chi connectivity index (χ2n) is 9.10. The number of Topliss-reactive ketones (excluding diaryl/α,β-unsaturated/α-hetero) is 1. The fourth-order valence-electron chi connectivity index (χ4n) is 3.83. The SMILES string of the molecule is CCCCC(NCC(CC(C)C)NC(=O)c1c(F)cccc1C(F)(F)F)C(=O)CSCc1ccco1. The van der Waals surface area contributed by atoms with Gasteiger partial charge < -0.3 is 15.1 Å². The zero-order chi connectivity index (χ0) is 26.7. The number of halogens is 4. The Kier molecular flexibility index (Phi) is 12.0. The maximum atomic E-state index is 14.3. The lowest BCUT2D eigenvalue weighted by molar-refractivity contribution is -0.138. The molecular formula is C26H34F4N2O3S. The molecule has 1 aromatic carbocycles. The maximum Gasteiger partial charge on any atom is 0.417 e. The molecule has 0 spiro atoms. The highest BCUT2D eigenvalue weighted by Gasteiger charge is 2.37. The number of carbonyl (C=O) groups excluding carboxylic acids is 2. The van der Waals surface area contributed by atoms with Crippen molar-refractivity contribution in [3.63, 3.8) is 0 Å². The minimum Gasteiger partial charge on any atom is -0.468 e. The summed E-state index contributed by atoms with van der Waals surface area (Å²) in [6, 6.07) is 5.02. The number of benzene rings is 1. The van der Waals surface area contributed by atoms with Crippen LogP contribution in [0.15, 0.2) is 41.0 Å². The summed E-state index contributed by atoms with van der Waals surface area (Å²) in [7, 11) is 0. The number of rotatable bonds is 15. The van der Waals surface area contributed by atoms with Gasteiger partial charge in [-0.05, 0) is 43.0 Å². The van der Waals surface area contributed by atoms with Crippen molar-refractivity contribution < 1.29 is 31.6 Å². The number of furan rings is 1. The molecule has 2 unspecified atom stereocenters. The van der Waals surface area contributed by atoms with E-state index in [0.29, 0.717) is 24.7 Å². The van der Waals surface area contributed by atoms with Crippen LogP contribution < -0.4 is 10.6 Å². The summed E-state index contributed by atoms with van der Waals surface area (Å²) in [6.07, 6.45) is -0.541. The van der Waals surface area contributed by atoms with Crippen LogP contribution in [0.1, 0.15) is 68.1 Å². The highest BCUT2D eigenvalue weighted by Crippen LogP contribution is 2.33. The number of hydrogen-bond donors (Lipinski definition) is 2. The minimum atomic E-state index is -4.87. The summed E-state index contributed by atoms with van der Waals surface area (Å²) in [5.74, 6) is -0.641. The first-order valence-corrected chi connectivity index (χ1v) is 13.2. The number of hydrogen-bond acceptors (Lipinski definition) is 5. The summed E-state index contributed by atoms with van der Waals surface area (Å²) in [5, 5.41) is 5.76. The van der Waals surface area contributed by atoms with E-state index in [9.17, 15) is 27.2 Å². The molecule has 0 aliphatic rings. The summed E-state index contributed by atoms with van der Waals surface area (Å²) in [4.78, 5) is 25.7. The van der Waals surface area contributed by atoms with E-state index in [2.05, 4.69) is 10.6 Å². The van der Waals surface area contributed by atoms with Gasteiger partial charge in [0.25, 0.3) is 5.91 Å². The summed E-state index contributed by atoms with van der Waals surface area (Å²) < 4.78 is 59.7. The Morgan fingerprint density at radius 1 is 1.14 bits per heavy atom. The maximum absolute atomic E-state index is 14.3. The van der Waals surface area contributed by atoms with Crippen LogP contribution in [0.25, 0.3) is 0 Å². The van der Waals surface area contributed by atoms with Crippen LogP contribution in [0.5, 0.6) is 0 Å². The average Bonchev–Trinajstić information content (AvgIpc) is 3.31. The molecule has 0 saturated carbocycles. The largest absolute Gasteiger partial charge is 0.468 e. The van der Waals surface area contributed by atoms with Crippen LogP contribution in [0, 0.1) is 11.7 Å². The zero-order valence-electron chi connectivity index (χ0n) is 20.8. The van der Waals surface area contributed by atoms with Crippen LogP contribution in [0.4, 0.5) is 17.6 Å². The Morgan fingerprint density at radius 3 is 2.50 bits per heavy atom. The highest BCUT2D eigenvalue weighted by molar-refractivity contribution is 7.99. The Morgan fingerprint density at radius 2 is 1.89 bits per heavy atom. The summed E-state index contributed by atoms with van der Waals surface area (Å²) in [5.41, 5.74) is -2.34. The first-order valence-electron chi connectivity index (χ1n) is 12.1. The van der Waals surface area contributed by atoms with Gasteiger partial charge in [-0.25, -0.2) is 4.39 Å². The molecule has 10 heteroatoms. The van der Waals surface area contributed by atoms with Crippen LogP contribution >= 0.6 is 11.8 Å². The third-order valence-corrected chi connectivity index (χ3v) is 6.53. The Labute approximate surface area is 213 Å². The smallest absolute Gasteiger partial charge is 0.417 e. The van der Waals surface area contributed by atoms with Gasteiger partial charge in [0.15, 0.2) is 5.78 Å². The van der Waals surface area contributed by atoms with Crippen molar-refractivity contribution in [3.8, 4) is 0 Å². The molecule has 1 amide bonds. The summed E-state index contributed by atoms with van der Waals surface area (Å²) in [6.45, 7) is 6.01. The van der Waals surface area contributed by atoms with Gasteiger partial charge in [0.1, 0.15) is 11.6 Å². The number of amides is 1. The fraction of sp³-hybridized carbons (Fsp3) is 0.538. The molecular weight excluding hydrogens is 496 g/mol. The first kappa shape index (κ1) is 29.9. The molecule has 200 valence electrons. The van der Waals surface area contributed by atoms with E-state index >= 15 is 0 Å². The summed E-state index contributed by atoms with van der Waals surface area (Å²) >= 11 is 1.44. The molecule has 0 radical (unpaired) electrons. The molecule has 2 aromatic rings. The van der Waals surface area contributed by atoms with Crippen molar-refractivity contribution in [2.24, 2.45) is 5.92 Å². The molecule has 0 fully saturated rings. The zero-order valence-corrected chi connectivity index (χ0v) is 21.6. The van der Waals surface area contributed by atoms with Gasteiger partial charge in [-0.15, -0.1) is 11.8 Å². The van der Waals surface area contributed by atoms with Crippen LogP contribution in [0.3, 0.4) is 0 Å². The monoisotopic (exact) mass is 530 g/mol. The highest BCUT2D eigenvalue weighted by atomic mass is 32.2.